The van der Waals surface area contributed by atoms with E-state index in [1.54, 1.807) is 0 Å². The fourth-order valence-electron chi connectivity index (χ4n) is 2.42. The lowest BCUT2D eigenvalue weighted by molar-refractivity contribution is 0.489. The predicted octanol–water partition coefficient (Wildman–Crippen LogP) is 6.75. The molecule has 0 aliphatic heterocycles. The molecule has 0 aliphatic rings. The Morgan fingerprint density at radius 3 is 2.37 bits per heavy atom. The van der Waals surface area contributed by atoms with E-state index in [0.29, 0.717) is 0 Å². The minimum atomic E-state index is 0.768. The predicted molar refractivity (Wildman–Crippen MR) is 93.1 cm³/mol. The molecule has 1 rings (SSSR count). The van der Waals surface area contributed by atoms with Crippen LogP contribution < -0.4 is 0 Å². The molecule has 0 amide bonds. The highest BCUT2D eigenvalue weighted by atomic mass is 79.9. The Hall–Kier alpha value is 0.180. The standard InChI is InChI=1S/C17H26Br2/c1-2-3-4-5-6-7-10-15(14-18)13-16-11-8-9-12-17(16)19/h8-9,11-12,15H,2-7,10,13-14H2,1H3. The van der Waals surface area contributed by atoms with Crippen LogP contribution in [-0.2, 0) is 6.42 Å². The third kappa shape index (κ3) is 7.51. The molecular formula is C17H26Br2. The molecule has 0 radical (unpaired) electrons. The lowest BCUT2D eigenvalue weighted by Gasteiger charge is -2.15. The zero-order valence-corrected chi connectivity index (χ0v) is 15.2. The van der Waals surface area contributed by atoms with Gasteiger partial charge in [-0.05, 0) is 30.4 Å². The molecule has 0 fully saturated rings. The summed E-state index contributed by atoms with van der Waals surface area (Å²) in [7, 11) is 0. The summed E-state index contributed by atoms with van der Waals surface area (Å²) in [6.07, 6.45) is 10.9. The number of benzene rings is 1. The summed E-state index contributed by atoms with van der Waals surface area (Å²) in [6.45, 7) is 2.28. The highest BCUT2D eigenvalue weighted by Gasteiger charge is 2.10. The third-order valence-electron chi connectivity index (χ3n) is 3.65. The Morgan fingerprint density at radius 2 is 1.68 bits per heavy atom. The van der Waals surface area contributed by atoms with Gasteiger partial charge in [-0.25, -0.2) is 0 Å². The van der Waals surface area contributed by atoms with Crippen molar-refractivity contribution in [2.24, 2.45) is 5.92 Å². The van der Waals surface area contributed by atoms with Gasteiger partial charge in [-0.15, -0.1) is 0 Å². The molecule has 1 unspecified atom stereocenters. The molecule has 1 atom stereocenters. The third-order valence-corrected chi connectivity index (χ3v) is 5.34. The summed E-state index contributed by atoms with van der Waals surface area (Å²) in [5.41, 5.74) is 1.44. The van der Waals surface area contributed by atoms with Gasteiger partial charge in [0.25, 0.3) is 0 Å². The van der Waals surface area contributed by atoms with Crippen LogP contribution >= 0.6 is 31.9 Å². The number of alkyl halides is 1. The number of rotatable bonds is 10. The smallest absolute Gasteiger partial charge is 0.0207 e. The van der Waals surface area contributed by atoms with Crippen molar-refractivity contribution < 1.29 is 0 Å². The van der Waals surface area contributed by atoms with Gasteiger partial charge in [-0.2, -0.15) is 0 Å². The molecule has 2 heteroatoms. The van der Waals surface area contributed by atoms with Gasteiger partial charge in [0.05, 0.1) is 0 Å². The maximum Gasteiger partial charge on any atom is 0.0207 e. The zero-order chi connectivity index (χ0) is 13.9. The summed E-state index contributed by atoms with van der Waals surface area (Å²) < 4.78 is 1.25. The quantitative estimate of drug-likeness (QED) is 0.306. The molecule has 0 saturated carbocycles. The minimum absolute atomic E-state index is 0.768. The zero-order valence-electron chi connectivity index (χ0n) is 12.0. The van der Waals surface area contributed by atoms with Crippen LogP contribution in [0.3, 0.4) is 0 Å². The molecule has 0 aliphatic carbocycles. The number of hydrogen-bond acceptors (Lipinski definition) is 0. The van der Waals surface area contributed by atoms with Crippen LogP contribution in [0.5, 0.6) is 0 Å². The average molecular weight is 390 g/mol. The van der Waals surface area contributed by atoms with E-state index < -0.39 is 0 Å². The molecular weight excluding hydrogens is 364 g/mol. The summed E-state index contributed by atoms with van der Waals surface area (Å²) in [4.78, 5) is 0. The van der Waals surface area contributed by atoms with Gasteiger partial charge in [-0.3, -0.25) is 0 Å². The van der Waals surface area contributed by atoms with E-state index in [-0.39, 0.29) is 0 Å². The molecule has 0 aromatic heterocycles. The van der Waals surface area contributed by atoms with Gasteiger partial charge in [0.2, 0.25) is 0 Å². The van der Waals surface area contributed by atoms with Crippen LogP contribution in [0.4, 0.5) is 0 Å². The summed E-state index contributed by atoms with van der Waals surface area (Å²) >= 11 is 7.33. The summed E-state index contributed by atoms with van der Waals surface area (Å²) in [5.74, 6) is 0.768. The van der Waals surface area contributed by atoms with Crippen molar-refractivity contribution in [3.63, 3.8) is 0 Å². The Labute approximate surface area is 135 Å². The van der Waals surface area contributed by atoms with Gasteiger partial charge >= 0.3 is 0 Å². The van der Waals surface area contributed by atoms with E-state index in [1.165, 1.54) is 61.4 Å². The van der Waals surface area contributed by atoms with Crippen LogP contribution in [0.1, 0.15) is 57.4 Å². The maximum absolute atomic E-state index is 3.68. The molecule has 0 nitrogen and oxygen atoms in total. The summed E-state index contributed by atoms with van der Waals surface area (Å²) in [5, 5.41) is 1.11. The fourth-order valence-corrected chi connectivity index (χ4v) is 3.42. The minimum Gasteiger partial charge on any atom is -0.0925 e. The monoisotopic (exact) mass is 388 g/mol. The van der Waals surface area contributed by atoms with Crippen molar-refractivity contribution in [2.75, 3.05) is 5.33 Å². The van der Waals surface area contributed by atoms with Crippen LogP contribution in [0.2, 0.25) is 0 Å². The molecule has 1 aromatic rings. The molecule has 0 spiro atoms. The molecule has 0 bridgehead atoms. The largest absolute Gasteiger partial charge is 0.0925 e. The maximum atomic E-state index is 3.68. The molecule has 0 heterocycles. The van der Waals surface area contributed by atoms with Crippen molar-refractivity contribution in [3.8, 4) is 0 Å². The normalized spacial score (nSPS) is 12.6. The topological polar surface area (TPSA) is 0 Å². The van der Waals surface area contributed by atoms with Crippen LogP contribution in [0.15, 0.2) is 28.7 Å². The second-order valence-corrected chi connectivity index (χ2v) is 6.87. The molecule has 0 saturated heterocycles. The Bertz CT molecular complexity index is 336. The highest BCUT2D eigenvalue weighted by Crippen LogP contribution is 2.23. The van der Waals surface area contributed by atoms with Crippen molar-refractivity contribution in [2.45, 2.75) is 58.3 Å². The highest BCUT2D eigenvalue weighted by molar-refractivity contribution is 9.10. The van der Waals surface area contributed by atoms with Crippen molar-refractivity contribution >= 4 is 31.9 Å². The van der Waals surface area contributed by atoms with Gasteiger partial charge in [0, 0.05) is 9.80 Å². The molecule has 108 valence electrons. The van der Waals surface area contributed by atoms with Crippen molar-refractivity contribution in [1.29, 1.82) is 0 Å². The lowest BCUT2D eigenvalue weighted by Crippen LogP contribution is -2.06. The van der Waals surface area contributed by atoms with E-state index in [9.17, 15) is 0 Å². The van der Waals surface area contributed by atoms with Crippen LogP contribution in [0, 0.1) is 5.92 Å². The molecule has 1 aromatic carbocycles. The molecule has 19 heavy (non-hydrogen) atoms. The second kappa shape index (κ2) is 10.9. The van der Waals surface area contributed by atoms with Crippen molar-refractivity contribution in [1.82, 2.24) is 0 Å². The van der Waals surface area contributed by atoms with Gasteiger partial charge in [-0.1, -0.05) is 95.5 Å². The SMILES string of the molecule is CCCCCCCCC(CBr)Cc1ccccc1Br. The van der Waals surface area contributed by atoms with E-state index >= 15 is 0 Å². The average Bonchev–Trinajstić information content (AvgIpc) is 2.43. The number of unbranched alkanes of at least 4 members (excludes halogenated alkanes) is 5. The van der Waals surface area contributed by atoms with E-state index in [0.717, 1.165) is 11.2 Å². The first-order chi connectivity index (χ1) is 9.27. The first-order valence-corrected chi connectivity index (χ1v) is 9.48. The van der Waals surface area contributed by atoms with E-state index in [2.05, 4.69) is 63.0 Å². The van der Waals surface area contributed by atoms with Crippen LogP contribution in [0.25, 0.3) is 0 Å². The van der Waals surface area contributed by atoms with Crippen molar-refractivity contribution in [3.05, 3.63) is 34.3 Å². The first-order valence-electron chi connectivity index (χ1n) is 7.57. The number of halogens is 2. The first kappa shape index (κ1) is 17.2. The fraction of sp³-hybridized carbons (Fsp3) is 0.647. The van der Waals surface area contributed by atoms with Gasteiger partial charge < -0.3 is 0 Å². The molecule has 0 N–H and O–H groups in total. The van der Waals surface area contributed by atoms with E-state index in [1.807, 2.05) is 0 Å². The Morgan fingerprint density at radius 1 is 1.00 bits per heavy atom. The second-order valence-electron chi connectivity index (χ2n) is 5.37. The lowest BCUT2D eigenvalue weighted by atomic mass is 9.95. The number of hydrogen-bond donors (Lipinski definition) is 0. The summed E-state index contributed by atoms with van der Waals surface area (Å²) in [6, 6.07) is 8.60. The Balaban J connectivity index is 2.24. The van der Waals surface area contributed by atoms with Gasteiger partial charge in [0.15, 0.2) is 0 Å². The van der Waals surface area contributed by atoms with Crippen LogP contribution in [-0.4, -0.2) is 5.33 Å². The van der Waals surface area contributed by atoms with E-state index in [4.69, 9.17) is 0 Å². The Kier molecular flexibility index (Phi) is 9.89. The van der Waals surface area contributed by atoms with Gasteiger partial charge in [0.1, 0.15) is 0 Å².